The van der Waals surface area contributed by atoms with E-state index in [-0.39, 0.29) is 23.4 Å². The van der Waals surface area contributed by atoms with Gasteiger partial charge in [-0.25, -0.2) is 0 Å². The molecule has 0 N–H and O–H groups in total. The molecule has 0 amide bonds. The first kappa shape index (κ1) is 21.0. The van der Waals surface area contributed by atoms with E-state index in [9.17, 15) is 0 Å². The van der Waals surface area contributed by atoms with Crippen LogP contribution in [0.3, 0.4) is 0 Å². The molecule has 0 aliphatic carbocycles. The summed E-state index contributed by atoms with van der Waals surface area (Å²) < 4.78 is 13.1. The molecule has 2 nitrogen and oxygen atoms in total. The topological polar surface area (TPSA) is 21.8 Å². The Kier molecular flexibility index (Phi) is 6.59. The number of rotatable bonds is 9. The molecule has 28 heavy (non-hydrogen) atoms. The Morgan fingerprint density at radius 2 is 1.57 bits per heavy atom. The Bertz CT molecular complexity index is 712. The van der Waals surface area contributed by atoms with Crippen LogP contribution in [-0.2, 0) is 9.16 Å². The molecule has 0 spiro atoms. The summed E-state index contributed by atoms with van der Waals surface area (Å²) in [6.45, 7) is 13.1. The Morgan fingerprint density at radius 3 is 1.96 bits per heavy atom. The molecule has 0 saturated carbocycles. The maximum Gasteiger partial charge on any atom is 0.261 e. The van der Waals surface area contributed by atoms with Gasteiger partial charge in [0.15, 0.2) is 0 Å². The molecule has 0 radical (unpaired) electrons. The van der Waals surface area contributed by atoms with Crippen molar-refractivity contribution in [2.24, 2.45) is 0 Å². The van der Waals surface area contributed by atoms with Crippen LogP contribution in [0.25, 0.3) is 0 Å². The van der Waals surface area contributed by atoms with Crippen LogP contribution in [0.4, 0.5) is 0 Å². The summed E-state index contributed by atoms with van der Waals surface area (Å²) in [6.07, 6.45) is 5.65. The van der Waals surface area contributed by atoms with E-state index in [0.717, 1.165) is 19.3 Å². The second-order valence-electron chi connectivity index (χ2n) is 8.80. The van der Waals surface area contributed by atoms with Crippen molar-refractivity contribution in [3.05, 3.63) is 73.3 Å². The molecule has 1 saturated heterocycles. The summed E-state index contributed by atoms with van der Waals surface area (Å²) in [4.78, 5) is 0. The lowest BCUT2D eigenvalue weighted by Gasteiger charge is -2.45. The van der Waals surface area contributed by atoms with Gasteiger partial charge in [0.05, 0.1) is 6.10 Å². The van der Waals surface area contributed by atoms with Gasteiger partial charge in [0.1, 0.15) is 6.10 Å². The van der Waals surface area contributed by atoms with Gasteiger partial charge in [-0.1, -0.05) is 101 Å². The molecule has 1 heterocycles. The second kappa shape index (κ2) is 8.77. The average molecular weight is 395 g/mol. The molecule has 3 rings (SSSR count). The standard InChI is InChI=1S/C25H34O2Si/c1-6-14-20(19-24-23(7-2)26-24)27-28(25(3,4)5,21-15-10-8-11-16-21)22-17-12-9-13-18-22/h7-13,15-18,20,23-24H,2,6,14,19H2,1,3-5H3/t20-,23-,24+/m1/s1. The summed E-state index contributed by atoms with van der Waals surface area (Å²) in [5.41, 5.74) is 0. The summed E-state index contributed by atoms with van der Waals surface area (Å²) >= 11 is 0. The summed E-state index contributed by atoms with van der Waals surface area (Å²) in [6, 6.07) is 21.8. The van der Waals surface area contributed by atoms with E-state index in [2.05, 4.69) is 94.9 Å². The Balaban J connectivity index is 2.05. The molecule has 2 aromatic rings. The smallest absolute Gasteiger partial charge is 0.261 e. The predicted molar refractivity (Wildman–Crippen MR) is 121 cm³/mol. The Labute approximate surface area is 171 Å². The lowest BCUT2D eigenvalue weighted by molar-refractivity contribution is 0.154. The first-order chi connectivity index (χ1) is 13.4. The van der Waals surface area contributed by atoms with Gasteiger partial charge in [-0.05, 0) is 21.8 Å². The molecule has 3 atom stereocenters. The van der Waals surface area contributed by atoms with Crippen LogP contribution in [0.5, 0.6) is 0 Å². The van der Waals surface area contributed by atoms with Crippen LogP contribution in [0.2, 0.25) is 5.04 Å². The van der Waals surface area contributed by atoms with E-state index in [4.69, 9.17) is 9.16 Å². The van der Waals surface area contributed by atoms with Crippen molar-refractivity contribution in [2.75, 3.05) is 0 Å². The molecule has 0 bridgehead atoms. The maximum absolute atomic E-state index is 7.28. The zero-order chi connectivity index (χ0) is 20.2. The third kappa shape index (κ3) is 4.32. The number of hydrogen-bond donors (Lipinski definition) is 0. The van der Waals surface area contributed by atoms with Gasteiger partial charge in [-0.2, -0.15) is 0 Å². The average Bonchev–Trinajstić information content (AvgIpc) is 3.44. The van der Waals surface area contributed by atoms with Crippen molar-refractivity contribution in [3.8, 4) is 0 Å². The van der Waals surface area contributed by atoms with Crippen LogP contribution >= 0.6 is 0 Å². The monoisotopic (exact) mass is 394 g/mol. The summed E-state index contributed by atoms with van der Waals surface area (Å²) in [5.74, 6) is 0. The highest BCUT2D eigenvalue weighted by atomic mass is 28.4. The van der Waals surface area contributed by atoms with Gasteiger partial charge in [0.25, 0.3) is 8.32 Å². The van der Waals surface area contributed by atoms with Crippen molar-refractivity contribution in [1.29, 1.82) is 0 Å². The van der Waals surface area contributed by atoms with Crippen molar-refractivity contribution < 1.29 is 9.16 Å². The molecule has 3 heteroatoms. The van der Waals surface area contributed by atoms with Crippen LogP contribution in [0, 0.1) is 0 Å². The molecule has 1 aliphatic heterocycles. The van der Waals surface area contributed by atoms with Crippen molar-refractivity contribution in [3.63, 3.8) is 0 Å². The second-order valence-corrected chi connectivity index (χ2v) is 13.1. The van der Waals surface area contributed by atoms with Gasteiger partial charge in [-0.3, -0.25) is 0 Å². The summed E-state index contributed by atoms with van der Waals surface area (Å²) in [5, 5.41) is 2.68. The molecule has 150 valence electrons. The van der Waals surface area contributed by atoms with E-state index in [1.165, 1.54) is 10.4 Å². The normalized spacial score (nSPS) is 20.6. The fourth-order valence-electron chi connectivity index (χ4n) is 4.30. The largest absolute Gasteiger partial charge is 0.404 e. The van der Waals surface area contributed by atoms with Gasteiger partial charge < -0.3 is 9.16 Å². The quantitative estimate of drug-likeness (QED) is 0.336. The summed E-state index contributed by atoms with van der Waals surface area (Å²) in [7, 11) is -2.50. The highest BCUT2D eigenvalue weighted by Gasteiger charge is 2.52. The van der Waals surface area contributed by atoms with Gasteiger partial charge in [0.2, 0.25) is 0 Å². The minimum absolute atomic E-state index is 0.00391. The molecular formula is C25H34O2Si. The predicted octanol–water partition coefficient (Wildman–Crippen LogP) is 5.08. The zero-order valence-corrected chi connectivity index (χ0v) is 18.7. The highest BCUT2D eigenvalue weighted by Crippen LogP contribution is 2.39. The molecular weight excluding hydrogens is 360 g/mol. The molecule has 0 aromatic heterocycles. The fourth-order valence-corrected chi connectivity index (χ4v) is 9.03. The number of ether oxygens (including phenoxy) is 1. The third-order valence-electron chi connectivity index (χ3n) is 5.72. The lowest BCUT2D eigenvalue weighted by atomic mass is 10.1. The highest BCUT2D eigenvalue weighted by molar-refractivity contribution is 6.99. The molecule has 1 aliphatic rings. The van der Waals surface area contributed by atoms with Gasteiger partial charge >= 0.3 is 0 Å². The fraction of sp³-hybridized carbons (Fsp3) is 0.440. The maximum atomic E-state index is 7.28. The first-order valence-corrected chi connectivity index (χ1v) is 12.4. The van der Waals surface area contributed by atoms with Crippen molar-refractivity contribution in [2.45, 2.75) is 70.3 Å². The first-order valence-electron chi connectivity index (χ1n) is 10.5. The number of benzene rings is 2. The molecule has 2 aromatic carbocycles. The molecule has 0 unspecified atom stereocenters. The molecule has 1 fully saturated rings. The van der Waals surface area contributed by atoms with E-state index in [1.807, 2.05) is 6.08 Å². The SMILES string of the molecule is C=C[C@H]1O[C@H]1C[C@@H](CCC)O[Si](c1ccccc1)(c1ccccc1)C(C)(C)C. The van der Waals surface area contributed by atoms with E-state index >= 15 is 0 Å². The Hall–Kier alpha value is -1.68. The number of epoxide rings is 1. The van der Waals surface area contributed by atoms with Gasteiger partial charge in [0, 0.05) is 12.5 Å². The van der Waals surface area contributed by atoms with Gasteiger partial charge in [-0.15, -0.1) is 6.58 Å². The minimum Gasteiger partial charge on any atom is -0.404 e. The zero-order valence-electron chi connectivity index (χ0n) is 17.7. The lowest BCUT2D eigenvalue weighted by Crippen LogP contribution is -2.67. The van der Waals surface area contributed by atoms with Crippen LogP contribution in [-0.4, -0.2) is 26.6 Å². The van der Waals surface area contributed by atoms with Crippen LogP contribution in [0.1, 0.15) is 47.0 Å². The van der Waals surface area contributed by atoms with E-state index in [0.29, 0.717) is 0 Å². The van der Waals surface area contributed by atoms with Crippen LogP contribution < -0.4 is 10.4 Å². The Morgan fingerprint density at radius 1 is 1.04 bits per heavy atom. The third-order valence-corrected chi connectivity index (χ3v) is 10.8. The van der Waals surface area contributed by atoms with Crippen molar-refractivity contribution >= 4 is 18.7 Å². The minimum atomic E-state index is -2.50. The van der Waals surface area contributed by atoms with E-state index < -0.39 is 8.32 Å². The van der Waals surface area contributed by atoms with Crippen molar-refractivity contribution in [1.82, 2.24) is 0 Å². The number of hydrogen-bond acceptors (Lipinski definition) is 2. The van der Waals surface area contributed by atoms with E-state index in [1.54, 1.807) is 0 Å². The van der Waals surface area contributed by atoms with Crippen LogP contribution in [0.15, 0.2) is 73.3 Å².